The molecule has 0 heterocycles. The van der Waals surface area contributed by atoms with Crippen LogP contribution in [0.3, 0.4) is 0 Å². The maximum atomic E-state index is 10.1. The van der Waals surface area contributed by atoms with Gasteiger partial charge in [-0.1, -0.05) is 6.58 Å². The van der Waals surface area contributed by atoms with E-state index in [1.165, 1.54) is 0 Å². The molecule has 0 atom stereocenters. The first-order valence-corrected chi connectivity index (χ1v) is 0.626. The molecular weight excluding hydrogens is 57.0 g/mol. The van der Waals surface area contributed by atoms with Crippen molar-refractivity contribution in [3.63, 3.8) is 0 Å². The van der Waals surface area contributed by atoms with Crippen molar-refractivity contribution in [1.29, 1.82) is 0 Å². The summed E-state index contributed by atoms with van der Waals surface area (Å²) >= 11 is 0. The van der Waals surface area contributed by atoms with E-state index in [1.807, 2.05) is 0 Å². The maximum Gasteiger partial charge on any atom is 0.0795 e. The van der Waals surface area contributed by atoms with Crippen LogP contribution >= 0.6 is 0 Å². The Labute approximate surface area is 24.7 Å². The summed E-state index contributed by atoms with van der Waals surface area (Å²) in [6.45, 7) is 2.69. The number of hydrogen-bond donors (Lipinski definition) is 1. The number of hydrogen-bond acceptors (Lipinski definition) is 1. The standard InChI is InChI=1S/C2H3F.H3N/c1-2-3;/h2H,1H2;1H3. The van der Waals surface area contributed by atoms with Gasteiger partial charge in [0.2, 0.25) is 0 Å². The van der Waals surface area contributed by atoms with E-state index in [-0.39, 0.29) is 12.5 Å². The molecule has 26 valence electrons. The average Bonchev–Trinajstić information content (AvgIpc) is 0.918. The molecule has 0 aromatic heterocycles. The van der Waals surface area contributed by atoms with Crippen LogP contribution in [0.4, 0.5) is 4.39 Å². The summed E-state index contributed by atoms with van der Waals surface area (Å²) in [7, 11) is 0. The summed E-state index contributed by atoms with van der Waals surface area (Å²) in [5, 5.41) is 0. The second kappa shape index (κ2) is 17.6. The van der Waals surface area contributed by atoms with Gasteiger partial charge < -0.3 is 6.15 Å². The highest BCUT2D eigenvalue weighted by atomic mass is 19.1. The highest BCUT2D eigenvalue weighted by molar-refractivity contribution is 4.39. The van der Waals surface area contributed by atoms with Crippen molar-refractivity contribution in [3.8, 4) is 0 Å². The van der Waals surface area contributed by atoms with Crippen molar-refractivity contribution in [1.82, 2.24) is 6.15 Å². The van der Waals surface area contributed by atoms with E-state index in [9.17, 15) is 4.39 Å². The summed E-state index contributed by atoms with van der Waals surface area (Å²) in [5.74, 6) is 0. The molecule has 0 unspecified atom stereocenters. The Bertz CT molecular complexity index is 13.5. The van der Waals surface area contributed by atoms with Gasteiger partial charge >= 0.3 is 0 Å². The first-order chi connectivity index (χ1) is 1.41. The minimum absolute atomic E-state index is 0. The molecule has 0 aromatic carbocycles. The normalized spacial score (nSPS) is 3.25. The lowest BCUT2D eigenvalue weighted by molar-refractivity contribution is 0.725. The predicted octanol–water partition coefficient (Wildman–Crippen LogP) is 1.26. The van der Waals surface area contributed by atoms with Gasteiger partial charge in [0, 0.05) is 0 Å². The minimum Gasteiger partial charge on any atom is -0.344 e. The summed E-state index contributed by atoms with van der Waals surface area (Å²) in [6.07, 6.45) is 0.250. The molecule has 0 aromatic rings. The molecule has 1 nitrogen and oxygen atoms in total. The fraction of sp³-hybridized carbons (Fsp3) is 0. The highest BCUT2D eigenvalue weighted by Crippen LogP contribution is 1.48. The lowest BCUT2D eigenvalue weighted by atomic mass is 11.2. The Morgan fingerprint density at radius 3 is 1.75 bits per heavy atom. The molecule has 4 heavy (non-hydrogen) atoms. The van der Waals surface area contributed by atoms with E-state index in [2.05, 4.69) is 6.58 Å². The third-order valence-corrected chi connectivity index (χ3v) is 0. The third kappa shape index (κ3) is 4.73. The molecule has 0 amide bonds. The Balaban J connectivity index is 0. The Hall–Kier alpha value is -0.370. The molecule has 0 saturated heterocycles. The quantitative estimate of drug-likeness (QED) is 0.451. The first kappa shape index (κ1) is 9.45. The monoisotopic (exact) mass is 63.0 g/mol. The van der Waals surface area contributed by atoms with Crippen LogP contribution in [0.15, 0.2) is 12.9 Å². The van der Waals surface area contributed by atoms with Gasteiger partial charge in [-0.05, 0) is 0 Å². The molecule has 0 aliphatic carbocycles. The molecule has 0 radical (unpaired) electrons. The Kier molecular flexibility index (Phi) is 41.6. The van der Waals surface area contributed by atoms with Crippen molar-refractivity contribution in [2.45, 2.75) is 0 Å². The van der Waals surface area contributed by atoms with E-state index in [0.29, 0.717) is 0 Å². The summed E-state index contributed by atoms with van der Waals surface area (Å²) < 4.78 is 10.1. The maximum absolute atomic E-state index is 10.1. The molecule has 0 saturated carbocycles. The number of rotatable bonds is 0. The van der Waals surface area contributed by atoms with Crippen LogP contribution < -0.4 is 6.15 Å². The van der Waals surface area contributed by atoms with Crippen LogP contribution in [0.5, 0.6) is 0 Å². The van der Waals surface area contributed by atoms with Gasteiger partial charge in [0.1, 0.15) is 0 Å². The van der Waals surface area contributed by atoms with Crippen LogP contribution in [0.2, 0.25) is 0 Å². The van der Waals surface area contributed by atoms with E-state index >= 15 is 0 Å². The Morgan fingerprint density at radius 2 is 1.75 bits per heavy atom. The van der Waals surface area contributed by atoms with Gasteiger partial charge in [-0.2, -0.15) is 0 Å². The molecule has 0 rings (SSSR count). The van der Waals surface area contributed by atoms with Crippen molar-refractivity contribution in [3.05, 3.63) is 12.9 Å². The summed E-state index contributed by atoms with van der Waals surface area (Å²) in [5.41, 5.74) is 0. The van der Waals surface area contributed by atoms with E-state index in [1.54, 1.807) is 0 Å². The molecule has 0 spiro atoms. The van der Waals surface area contributed by atoms with Crippen molar-refractivity contribution in [2.75, 3.05) is 0 Å². The van der Waals surface area contributed by atoms with Gasteiger partial charge in [0.25, 0.3) is 0 Å². The second-order valence-corrected chi connectivity index (χ2v) is 0.154. The Morgan fingerprint density at radius 1 is 1.75 bits per heavy atom. The van der Waals surface area contributed by atoms with Gasteiger partial charge in [-0.25, -0.2) is 4.39 Å². The zero-order valence-electron chi connectivity index (χ0n) is 2.37. The largest absolute Gasteiger partial charge is 0.344 e. The zero-order valence-corrected chi connectivity index (χ0v) is 2.37. The van der Waals surface area contributed by atoms with Gasteiger partial charge in [0.15, 0.2) is 0 Å². The molecule has 0 aliphatic rings. The van der Waals surface area contributed by atoms with E-state index < -0.39 is 0 Å². The SMILES string of the molecule is C=CF.N. The van der Waals surface area contributed by atoms with Gasteiger partial charge in [-0.3, -0.25) is 0 Å². The molecule has 2 heteroatoms. The minimum atomic E-state index is 0. The lowest BCUT2D eigenvalue weighted by Gasteiger charge is -1.28. The fourth-order valence-corrected chi connectivity index (χ4v) is 0. The second-order valence-electron chi connectivity index (χ2n) is 0.154. The molecule has 3 N–H and O–H groups in total. The molecular formula is C2H6FN. The third-order valence-electron chi connectivity index (χ3n) is 0. The van der Waals surface area contributed by atoms with Crippen LogP contribution in [0.25, 0.3) is 0 Å². The average molecular weight is 63.1 g/mol. The smallest absolute Gasteiger partial charge is 0.0795 e. The van der Waals surface area contributed by atoms with Crippen LogP contribution in [-0.2, 0) is 0 Å². The van der Waals surface area contributed by atoms with Crippen LogP contribution in [-0.4, -0.2) is 0 Å². The van der Waals surface area contributed by atoms with E-state index in [4.69, 9.17) is 0 Å². The first-order valence-electron chi connectivity index (χ1n) is 0.626. The van der Waals surface area contributed by atoms with Crippen molar-refractivity contribution in [2.24, 2.45) is 0 Å². The topological polar surface area (TPSA) is 35.0 Å². The van der Waals surface area contributed by atoms with Gasteiger partial charge in [-0.15, -0.1) is 0 Å². The highest BCUT2D eigenvalue weighted by Gasteiger charge is 1.19. The zero-order chi connectivity index (χ0) is 2.71. The molecule has 0 fully saturated rings. The molecule has 0 aliphatic heterocycles. The summed E-state index contributed by atoms with van der Waals surface area (Å²) in [4.78, 5) is 0. The molecule has 0 bridgehead atoms. The predicted molar refractivity (Wildman–Crippen MR) is 16.3 cm³/mol. The van der Waals surface area contributed by atoms with Gasteiger partial charge in [0.05, 0.1) is 6.33 Å². The van der Waals surface area contributed by atoms with Crippen molar-refractivity contribution < 1.29 is 4.39 Å². The van der Waals surface area contributed by atoms with Crippen molar-refractivity contribution >= 4 is 0 Å². The van der Waals surface area contributed by atoms with E-state index in [0.717, 1.165) is 0 Å². The number of halogens is 1. The fourth-order valence-electron chi connectivity index (χ4n) is 0. The summed E-state index contributed by atoms with van der Waals surface area (Å²) in [6, 6.07) is 0. The lowest BCUT2D eigenvalue weighted by Crippen LogP contribution is -0.990. The van der Waals surface area contributed by atoms with Crippen LogP contribution in [0, 0.1) is 0 Å². The van der Waals surface area contributed by atoms with Crippen LogP contribution in [0.1, 0.15) is 0 Å².